The zero-order chi connectivity index (χ0) is 16.8. The fourth-order valence-electron chi connectivity index (χ4n) is 3.01. The molecule has 0 bridgehead atoms. The van der Waals surface area contributed by atoms with Crippen molar-refractivity contribution in [1.29, 1.82) is 0 Å². The molecular weight excluding hydrogens is 314 g/mol. The summed E-state index contributed by atoms with van der Waals surface area (Å²) in [6.07, 6.45) is 1.78. The van der Waals surface area contributed by atoms with Crippen molar-refractivity contribution in [3.63, 3.8) is 0 Å². The second-order valence-electron chi connectivity index (χ2n) is 6.25. The molecule has 122 valence electrons. The van der Waals surface area contributed by atoms with E-state index in [4.69, 9.17) is 4.42 Å². The lowest BCUT2D eigenvalue weighted by Crippen LogP contribution is -2.37. The SMILES string of the molecule is C=C(O)C1=[O+]c2ccc(S(=O)(=O)N3CCC(C)CC3)cc2[C+]1C. The average Bonchev–Trinajstić information content (AvgIpc) is 2.84. The van der Waals surface area contributed by atoms with Crippen LogP contribution >= 0.6 is 0 Å². The number of benzene rings is 1. The van der Waals surface area contributed by atoms with Gasteiger partial charge in [0.1, 0.15) is 4.90 Å². The maximum atomic E-state index is 12.8. The van der Waals surface area contributed by atoms with Gasteiger partial charge in [-0.05, 0) is 31.4 Å². The predicted molar refractivity (Wildman–Crippen MR) is 87.8 cm³/mol. The van der Waals surface area contributed by atoms with Crippen LogP contribution in [0.1, 0.15) is 32.3 Å². The normalized spacial score (nSPS) is 19.6. The average molecular weight is 335 g/mol. The molecule has 0 atom stereocenters. The largest absolute Gasteiger partial charge is 0.488 e. The van der Waals surface area contributed by atoms with Gasteiger partial charge in [-0.15, -0.1) is 4.42 Å². The van der Waals surface area contributed by atoms with Gasteiger partial charge < -0.3 is 5.11 Å². The summed E-state index contributed by atoms with van der Waals surface area (Å²) < 4.78 is 32.7. The number of hydrogen-bond donors (Lipinski definition) is 1. The Morgan fingerprint density at radius 1 is 1.39 bits per heavy atom. The lowest BCUT2D eigenvalue weighted by atomic mass is 9.97. The van der Waals surface area contributed by atoms with Crippen molar-refractivity contribution in [2.75, 3.05) is 13.1 Å². The molecule has 0 amide bonds. The Bertz CT molecular complexity index is 774. The van der Waals surface area contributed by atoms with Gasteiger partial charge in [0.2, 0.25) is 5.56 Å². The number of aliphatic hydroxyl groups excluding tert-OH is 1. The third-order valence-corrected chi connectivity index (χ3v) is 6.44. The van der Waals surface area contributed by atoms with Gasteiger partial charge in [-0.1, -0.05) is 6.92 Å². The van der Waals surface area contributed by atoms with E-state index in [1.807, 2.05) is 0 Å². The molecule has 0 spiro atoms. The molecule has 3 rings (SSSR count). The molecule has 2 heterocycles. The van der Waals surface area contributed by atoms with E-state index in [0.717, 1.165) is 12.8 Å². The van der Waals surface area contributed by atoms with E-state index in [1.165, 1.54) is 0 Å². The van der Waals surface area contributed by atoms with Gasteiger partial charge in [-0.25, -0.2) is 8.42 Å². The number of ketones is 1. The highest BCUT2D eigenvalue weighted by atomic mass is 32.2. The summed E-state index contributed by atoms with van der Waals surface area (Å²) in [5.41, 5.74) is 0.682. The fraction of sp³-hybridized carbons (Fsp3) is 0.412. The van der Waals surface area contributed by atoms with Gasteiger partial charge in [-0.3, -0.25) is 0 Å². The van der Waals surface area contributed by atoms with Crippen LogP contribution in [0.15, 0.2) is 35.4 Å². The van der Waals surface area contributed by atoms with Crippen molar-refractivity contribution >= 4 is 15.8 Å². The molecule has 0 radical (unpaired) electrons. The zero-order valence-electron chi connectivity index (χ0n) is 13.4. The molecule has 1 aromatic rings. The third kappa shape index (κ3) is 2.77. The molecule has 0 aliphatic carbocycles. The lowest BCUT2D eigenvalue weighted by molar-refractivity contribution is -0.362. The van der Waals surface area contributed by atoms with Crippen LogP contribution in [0.3, 0.4) is 0 Å². The number of allylic oxidation sites excluding steroid dienone is 1. The highest BCUT2D eigenvalue weighted by Gasteiger charge is 2.48. The van der Waals surface area contributed by atoms with E-state index in [2.05, 4.69) is 13.5 Å². The number of hydrogen-bond acceptors (Lipinski definition) is 3. The van der Waals surface area contributed by atoms with Gasteiger partial charge in [-0.2, -0.15) is 4.31 Å². The number of carbonyl (C=O) groups excluding carboxylic acids is 1. The third-order valence-electron chi connectivity index (χ3n) is 4.55. The molecule has 2 aliphatic rings. The number of nitrogens with zero attached hydrogens (tertiary/aromatic N) is 1. The first kappa shape index (κ1) is 16.1. The Balaban J connectivity index is 1.91. The smallest absolute Gasteiger partial charge is 0.457 e. The summed E-state index contributed by atoms with van der Waals surface area (Å²) in [7, 11) is -3.50. The minimum Gasteiger partial charge on any atom is -0.457 e. The molecule has 6 heteroatoms. The van der Waals surface area contributed by atoms with Crippen molar-refractivity contribution in [2.45, 2.75) is 31.6 Å². The van der Waals surface area contributed by atoms with E-state index in [1.54, 1.807) is 29.4 Å². The quantitative estimate of drug-likeness (QED) is 0.400. The minimum atomic E-state index is -3.50. The number of rotatable bonds is 3. The van der Waals surface area contributed by atoms with E-state index < -0.39 is 10.0 Å². The van der Waals surface area contributed by atoms with Crippen LogP contribution in [-0.2, 0) is 14.4 Å². The van der Waals surface area contributed by atoms with Crippen molar-refractivity contribution in [2.24, 2.45) is 5.92 Å². The summed E-state index contributed by atoms with van der Waals surface area (Å²) in [6.45, 7) is 8.51. The molecule has 1 fully saturated rings. The first-order chi connectivity index (χ1) is 10.8. The summed E-state index contributed by atoms with van der Waals surface area (Å²) >= 11 is 0. The van der Waals surface area contributed by atoms with E-state index in [-0.39, 0.29) is 10.7 Å². The molecule has 1 aromatic carbocycles. The van der Waals surface area contributed by atoms with Crippen LogP contribution in [-0.4, -0.2) is 36.7 Å². The van der Waals surface area contributed by atoms with Crippen molar-refractivity contribution in [3.05, 3.63) is 42.0 Å². The maximum Gasteiger partial charge on any atom is 0.488 e. The first-order valence-corrected chi connectivity index (χ1v) is 9.16. The summed E-state index contributed by atoms with van der Waals surface area (Å²) in [6, 6.07) is 4.81. The van der Waals surface area contributed by atoms with Crippen LogP contribution < -0.4 is 0 Å². The Labute approximate surface area is 137 Å². The lowest BCUT2D eigenvalue weighted by Gasteiger charge is -2.28. The Kier molecular flexibility index (Phi) is 3.98. The highest BCUT2D eigenvalue weighted by Crippen LogP contribution is 2.37. The summed E-state index contributed by atoms with van der Waals surface area (Å²) in [5.74, 6) is 1.93. The van der Waals surface area contributed by atoms with Crippen molar-refractivity contribution < 1.29 is 17.9 Å². The summed E-state index contributed by atoms with van der Waals surface area (Å²) in [4.78, 5) is 0.263. The molecule has 1 N–H and O–H groups in total. The number of fused-ring (bicyclic) bond motifs is 1. The number of sulfonamides is 1. The van der Waals surface area contributed by atoms with Gasteiger partial charge in [0.15, 0.2) is 5.92 Å². The molecular formula is C17H21NO4S+2. The Hall–Kier alpha value is -1.79. The topological polar surface area (TPSA) is 68.9 Å². The second-order valence-corrected chi connectivity index (χ2v) is 8.19. The van der Waals surface area contributed by atoms with Crippen LogP contribution in [0.25, 0.3) is 0 Å². The zero-order valence-corrected chi connectivity index (χ0v) is 14.2. The molecule has 23 heavy (non-hydrogen) atoms. The first-order valence-electron chi connectivity index (χ1n) is 7.72. The molecule has 1 saturated heterocycles. The number of piperidine rings is 1. The molecule has 0 aromatic heterocycles. The van der Waals surface area contributed by atoms with Gasteiger partial charge in [0.25, 0.3) is 15.8 Å². The highest BCUT2D eigenvalue weighted by molar-refractivity contribution is 7.89. The molecule has 0 saturated carbocycles. The Morgan fingerprint density at radius 3 is 2.65 bits per heavy atom. The van der Waals surface area contributed by atoms with Crippen LogP contribution in [0.5, 0.6) is 5.75 Å². The molecule has 0 unspecified atom stereocenters. The van der Waals surface area contributed by atoms with Crippen LogP contribution in [0.4, 0.5) is 0 Å². The molecule has 2 aliphatic heterocycles. The fourth-order valence-corrected chi connectivity index (χ4v) is 4.51. The molecule has 5 nitrogen and oxygen atoms in total. The van der Waals surface area contributed by atoms with Gasteiger partial charge >= 0.3 is 11.5 Å². The monoisotopic (exact) mass is 335 g/mol. The minimum absolute atomic E-state index is 0.159. The predicted octanol–water partition coefficient (Wildman–Crippen LogP) is 2.95. The van der Waals surface area contributed by atoms with Crippen molar-refractivity contribution in [3.8, 4) is 5.75 Å². The van der Waals surface area contributed by atoms with Gasteiger partial charge in [0, 0.05) is 20.0 Å². The van der Waals surface area contributed by atoms with E-state index in [0.29, 0.717) is 42.0 Å². The van der Waals surface area contributed by atoms with E-state index >= 15 is 0 Å². The van der Waals surface area contributed by atoms with Crippen LogP contribution in [0, 0.1) is 11.8 Å². The second kappa shape index (κ2) is 5.69. The summed E-state index contributed by atoms with van der Waals surface area (Å²) in [5, 5.41) is 9.55. The maximum absolute atomic E-state index is 12.8. The van der Waals surface area contributed by atoms with Gasteiger partial charge in [0.05, 0.1) is 12.1 Å². The van der Waals surface area contributed by atoms with Crippen LogP contribution in [0.2, 0.25) is 0 Å². The Morgan fingerprint density at radius 2 is 2.04 bits per heavy atom. The van der Waals surface area contributed by atoms with Crippen molar-refractivity contribution in [1.82, 2.24) is 4.31 Å². The van der Waals surface area contributed by atoms with E-state index in [9.17, 15) is 13.5 Å². The number of aliphatic hydroxyl groups is 1. The standard InChI is InChI=1S/C17H20NO4S/c1-11-6-8-18(9-7-11)23(20,21)14-4-5-16-15(10-14)12(2)17(22-16)13(3)19/h4-5,10-11H,3,6-9H2,1-2H3/q+1/p+1.